The second kappa shape index (κ2) is 10.5. The number of methoxy groups -OCH3 is 1. The van der Waals surface area contributed by atoms with Crippen LogP contribution in [0.15, 0.2) is 65.7 Å². The summed E-state index contributed by atoms with van der Waals surface area (Å²) in [6.07, 6.45) is 5.63. The van der Waals surface area contributed by atoms with E-state index in [1.165, 1.54) is 24.3 Å². The van der Waals surface area contributed by atoms with Gasteiger partial charge in [-0.1, -0.05) is 18.9 Å². The third-order valence-electron chi connectivity index (χ3n) is 4.32. The van der Waals surface area contributed by atoms with Crippen LogP contribution >= 0.6 is 12.8 Å². The van der Waals surface area contributed by atoms with Gasteiger partial charge in [-0.2, -0.15) is 0 Å². The summed E-state index contributed by atoms with van der Waals surface area (Å²) in [5.74, 6) is 1.80. The molecule has 0 amide bonds. The molecule has 0 atom stereocenters. The van der Waals surface area contributed by atoms with Gasteiger partial charge in [-0.05, 0) is 55.0 Å². The number of ether oxygens (including phenoxy) is 2. The van der Waals surface area contributed by atoms with Gasteiger partial charge in [0.1, 0.15) is 18.2 Å². The van der Waals surface area contributed by atoms with Crippen molar-refractivity contribution in [2.75, 3.05) is 26.0 Å². The van der Waals surface area contributed by atoms with Crippen LogP contribution in [0.2, 0.25) is 0 Å². The van der Waals surface area contributed by atoms with Gasteiger partial charge in [0.2, 0.25) is 0 Å². The first-order chi connectivity index (χ1) is 15.0. The highest BCUT2D eigenvalue weighted by atomic mass is 32.1. The van der Waals surface area contributed by atoms with E-state index in [2.05, 4.69) is 27.5 Å². The molecule has 3 aromatic rings. The smallest absolute Gasteiger partial charge is 0.174 e. The number of amidine groups is 1. The van der Waals surface area contributed by atoms with Gasteiger partial charge in [0.05, 0.1) is 31.4 Å². The number of aryl methyl sites for hydroxylation is 1. The minimum Gasteiger partial charge on any atom is -0.495 e. The van der Waals surface area contributed by atoms with E-state index in [9.17, 15) is 4.39 Å². The van der Waals surface area contributed by atoms with Gasteiger partial charge in [0.15, 0.2) is 11.6 Å². The highest BCUT2D eigenvalue weighted by Crippen LogP contribution is 2.26. The SMILES string of the molecule is COc1cc(/C=C2\OCCN=C2NS)ccc1-n1cnc(C)c1.Nc1ccc(F)cc1. The van der Waals surface area contributed by atoms with Crippen molar-refractivity contribution in [3.8, 4) is 11.4 Å². The van der Waals surface area contributed by atoms with E-state index < -0.39 is 0 Å². The summed E-state index contributed by atoms with van der Waals surface area (Å²) in [6, 6.07) is 11.6. The lowest BCUT2D eigenvalue weighted by molar-refractivity contribution is 0.233. The second-order valence-electron chi connectivity index (χ2n) is 6.60. The van der Waals surface area contributed by atoms with Gasteiger partial charge < -0.3 is 24.5 Å². The van der Waals surface area contributed by atoms with Crippen LogP contribution < -0.4 is 15.2 Å². The molecule has 9 heteroatoms. The fourth-order valence-electron chi connectivity index (χ4n) is 2.82. The third kappa shape index (κ3) is 6.02. The fraction of sp³-hybridized carbons (Fsp3) is 0.182. The van der Waals surface area contributed by atoms with Gasteiger partial charge >= 0.3 is 0 Å². The normalized spacial score (nSPS) is 14.2. The van der Waals surface area contributed by atoms with Crippen molar-refractivity contribution < 1.29 is 13.9 Å². The number of hydrogen-bond acceptors (Lipinski definition) is 7. The fourth-order valence-corrected chi connectivity index (χ4v) is 3.01. The van der Waals surface area contributed by atoms with Crippen LogP contribution in [0, 0.1) is 12.7 Å². The number of nitrogens with zero attached hydrogens (tertiary/aromatic N) is 3. The Hall–Kier alpha value is -3.46. The standard InChI is InChI=1S/C16H18N4O2S.C6H6FN/c1-11-9-20(10-18-11)13-4-3-12(7-14(13)21-2)8-15-16(19-23)17-5-6-22-15;7-5-1-3-6(8)4-2-5/h3-4,7-10,23H,5-6H2,1-2H3,(H,17,19);1-4H,8H2/b15-8-;. The number of hydrogen-bond donors (Lipinski definition) is 3. The first-order valence-electron chi connectivity index (χ1n) is 9.49. The zero-order valence-corrected chi connectivity index (χ0v) is 18.1. The number of nitrogen functional groups attached to an aromatic ring is 1. The largest absolute Gasteiger partial charge is 0.495 e. The van der Waals surface area contributed by atoms with E-state index in [1.54, 1.807) is 13.4 Å². The molecule has 4 rings (SSSR count). The Bertz CT molecular complexity index is 1060. The number of imidazole rings is 1. The zero-order chi connectivity index (χ0) is 22.2. The van der Waals surface area contributed by atoms with Crippen molar-refractivity contribution in [2.24, 2.45) is 4.99 Å². The minimum absolute atomic E-state index is 0.251. The van der Waals surface area contributed by atoms with Crippen molar-refractivity contribution in [3.05, 3.63) is 77.8 Å². The van der Waals surface area contributed by atoms with Crippen LogP contribution in [-0.2, 0) is 4.74 Å². The summed E-state index contributed by atoms with van der Waals surface area (Å²) < 4.78 is 27.9. The molecule has 2 heterocycles. The van der Waals surface area contributed by atoms with E-state index >= 15 is 0 Å². The van der Waals surface area contributed by atoms with Gasteiger partial charge in [0, 0.05) is 11.9 Å². The molecule has 1 aliphatic heterocycles. The molecular formula is C22H24FN5O2S. The van der Waals surface area contributed by atoms with Crippen LogP contribution in [0.25, 0.3) is 11.8 Å². The Labute approximate surface area is 186 Å². The Balaban J connectivity index is 0.000000287. The first-order valence-corrected chi connectivity index (χ1v) is 9.94. The molecular weight excluding hydrogens is 417 g/mol. The second-order valence-corrected chi connectivity index (χ2v) is 6.83. The summed E-state index contributed by atoms with van der Waals surface area (Å²) in [7, 11) is 1.65. The lowest BCUT2D eigenvalue weighted by atomic mass is 10.1. The first kappa shape index (κ1) is 22.2. The summed E-state index contributed by atoms with van der Waals surface area (Å²) in [6.45, 7) is 3.14. The van der Waals surface area contributed by atoms with E-state index in [0.717, 1.165) is 22.7 Å². The molecule has 31 heavy (non-hydrogen) atoms. The average Bonchev–Trinajstić information content (AvgIpc) is 3.22. The molecule has 0 radical (unpaired) electrons. The maximum atomic E-state index is 12.0. The molecule has 7 nitrogen and oxygen atoms in total. The number of benzene rings is 2. The summed E-state index contributed by atoms with van der Waals surface area (Å²) in [4.78, 5) is 8.58. The number of nitrogens with two attached hydrogens (primary N) is 1. The molecule has 162 valence electrons. The predicted molar refractivity (Wildman–Crippen MR) is 124 cm³/mol. The number of aromatic nitrogens is 2. The minimum atomic E-state index is -0.251. The Kier molecular flexibility index (Phi) is 7.55. The van der Waals surface area contributed by atoms with Crippen molar-refractivity contribution in [2.45, 2.75) is 6.92 Å². The molecule has 0 spiro atoms. The van der Waals surface area contributed by atoms with E-state index in [-0.39, 0.29) is 5.82 Å². The van der Waals surface area contributed by atoms with Gasteiger partial charge in [-0.15, -0.1) is 0 Å². The Morgan fingerprint density at radius 1 is 1.26 bits per heavy atom. The van der Waals surface area contributed by atoms with Crippen molar-refractivity contribution in [1.82, 2.24) is 14.3 Å². The lowest BCUT2D eigenvalue weighted by Gasteiger charge is -2.17. The molecule has 0 saturated heterocycles. The highest BCUT2D eigenvalue weighted by molar-refractivity contribution is 7.78. The molecule has 1 aromatic heterocycles. The maximum Gasteiger partial charge on any atom is 0.174 e. The Morgan fingerprint density at radius 3 is 2.65 bits per heavy atom. The predicted octanol–water partition coefficient (Wildman–Crippen LogP) is 3.80. The third-order valence-corrected chi connectivity index (χ3v) is 4.53. The van der Waals surface area contributed by atoms with Crippen molar-refractivity contribution in [1.29, 1.82) is 0 Å². The van der Waals surface area contributed by atoms with E-state index in [1.807, 2.05) is 42.0 Å². The molecule has 0 aliphatic carbocycles. The zero-order valence-electron chi connectivity index (χ0n) is 17.2. The molecule has 2 aromatic carbocycles. The number of halogens is 1. The number of anilines is 1. The van der Waals surface area contributed by atoms with E-state index in [4.69, 9.17) is 15.2 Å². The Morgan fingerprint density at radius 2 is 2.03 bits per heavy atom. The van der Waals surface area contributed by atoms with Crippen LogP contribution in [0.3, 0.4) is 0 Å². The van der Waals surface area contributed by atoms with E-state index in [0.29, 0.717) is 30.4 Å². The quantitative estimate of drug-likeness (QED) is 0.425. The van der Waals surface area contributed by atoms with Gasteiger partial charge in [-0.3, -0.25) is 4.99 Å². The number of rotatable bonds is 3. The van der Waals surface area contributed by atoms with Crippen LogP contribution in [0.1, 0.15) is 11.3 Å². The highest BCUT2D eigenvalue weighted by Gasteiger charge is 2.13. The van der Waals surface area contributed by atoms with Crippen molar-refractivity contribution in [3.63, 3.8) is 0 Å². The summed E-state index contributed by atoms with van der Waals surface area (Å²) in [5, 5.41) is 0. The summed E-state index contributed by atoms with van der Waals surface area (Å²) in [5.41, 5.74) is 8.69. The van der Waals surface area contributed by atoms with Crippen molar-refractivity contribution >= 4 is 30.4 Å². The monoisotopic (exact) mass is 441 g/mol. The number of nitrogens with one attached hydrogen (secondary N) is 1. The molecule has 0 bridgehead atoms. The molecule has 0 unspecified atom stereocenters. The number of thiol groups is 1. The maximum absolute atomic E-state index is 12.0. The molecule has 1 aliphatic rings. The van der Waals surface area contributed by atoms with Crippen LogP contribution in [-0.4, -0.2) is 35.6 Å². The topological polar surface area (TPSA) is 86.7 Å². The molecule has 3 N–H and O–H groups in total. The summed E-state index contributed by atoms with van der Waals surface area (Å²) >= 11 is 4.06. The van der Waals surface area contributed by atoms with Gasteiger partial charge in [-0.25, -0.2) is 9.37 Å². The van der Waals surface area contributed by atoms with Crippen LogP contribution in [0.4, 0.5) is 10.1 Å². The van der Waals surface area contributed by atoms with Gasteiger partial charge in [0.25, 0.3) is 0 Å². The molecule has 0 saturated carbocycles. The lowest BCUT2D eigenvalue weighted by Crippen LogP contribution is -2.24. The number of aliphatic imine (C=N–C) groups is 1. The average molecular weight is 442 g/mol. The van der Waals surface area contributed by atoms with Crippen LogP contribution in [0.5, 0.6) is 5.75 Å². The molecule has 0 fully saturated rings.